The van der Waals surface area contributed by atoms with Crippen molar-refractivity contribution < 1.29 is 28.7 Å². The lowest BCUT2D eigenvalue weighted by Gasteiger charge is -2.44. The van der Waals surface area contributed by atoms with Crippen molar-refractivity contribution >= 4 is 39.6 Å². The summed E-state index contributed by atoms with van der Waals surface area (Å²) in [4.78, 5) is 46.1. The summed E-state index contributed by atoms with van der Waals surface area (Å²) < 4.78 is 9.49. The van der Waals surface area contributed by atoms with Gasteiger partial charge in [0, 0.05) is 16.7 Å². The number of methoxy groups -OCH3 is 2. The van der Waals surface area contributed by atoms with Gasteiger partial charge in [-0.05, 0) is 65.7 Å². The van der Waals surface area contributed by atoms with Gasteiger partial charge in [0.05, 0.1) is 18.5 Å². The molecule has 212 valence electrons. The first-order valence-corrected chi connectivity index (χ1v) is 12.9. The predicted molar refractivity (Wildman–Crippen MR) is 157 cm³/mol. The Labute approximate surface area is 245 Å². The molecule has 41 heavy (non-hydrogen) atoms. The van der Waals surface area contributed by atoms with Gasteiger partial charge >= 0.3 is 0 Å². The normalized spacial score (nSPS) is 19.1. The molecule has 0 radical (unpaired) electrons. The zero-order chi connectivity index (χ0) is 30.4. The summed E-state index contributed by atoms with van der Waals surface area (Å²) in [6.45, 7) is 0. The van der Waals surface area contributed by atoms with Crippen molar-refractivity contribution in [1.82, 2.24) is 0 Å². The van der Waals surface area contributed by atoms with Crippen LogP contribution in [0.5, 0.6) is 11.5 Å². The monoisotopic (exact) mass is 620 g/mol. The predicted octanol–water partition coefficient (Wildman–Crippen LogP) is 2.58. The average Bonchev–Trinajstić information content (AvgIpc) is 2.97. The summed E-state index contributed by atoms with van der Waals surface area (Å²) in [5.74, 6) is -1.11. The fourth-order valence-corrected chi connectivity index (χ4v) is 5.45. The average molecular weight is 621 g/mol. The Bertz CT molecular complexity index is 1520. The summed E-state index contributed by atoms with van der Waals surface area (Å²) in [6, 6.07) is 20.1. The fourth-order valence-electron chi connectivity index (χ4n) is 4.40. The highest BCUT2D eigenvalue weighted by molar-refractivity contribution is 9.09. The lowest BCUT2D eigenvalue weighted by atomic mass is 9.64. The van der Waals surface area contributed by atoms with Crippen LogP contribution in [-0.2, 0) is 19.3 Å². The minimum absolute atomic E-state index is 0.254. The minimum atomic E-state index is -1.37. The molecule has 8 N–H and O–H groups in total. The second-order valence-electron chi connectivity index (χ2n) is 8.95. The van der Waals surface area contributed by atoms with Crippen LogP contribution in [-0.4, -0.2) is 37.8 Å². The number of alkyl halides is 1. The Kier molecular flexibility index (Phi) is 9.35. The Morgan fingerprint density at radius 1 is 0.683 bits per heavy atom. The number of allylic oxidation sites excluding steroid dienone is 1. The van der Waals surface area contributed by atoms with Crippen molar-refractivity contribution in [3.8, 4) is 11.5 Å². The Morgan fingerprint density at radius 3 is 1.56 bits per heavy atom. The van der Waals surface area contributed by atoms with Crippen LogP contribution in [0.2, 0.25) is 0 Å². The van der Waals surface area contributed by atoms with E-state index in [9.17, 15) is 19.2 Å². The van der Waals surface area contributed by atoms with Gasteiger partial charge in [-0.15, -0.1) is 0 Å². The van der Waals surface area contributed by atoms with E-state index in [0.29, 0.717) is 33.8 Å². The topological polar surface area (TPSA) is 191 Å². The van der Waals surface area contributed by atoms with Gasteiger partial charge < -0.3 is 32.4 Å². The van der Waals surface area contributed by atoms with Gasteiger partial charge in [0.15, 0.2) is 0 Å². The largest absolute Gasteiger partial charge is 0.497 e. The van der Waals surface area contributed by atoms with Crippen molar-refractivity contribution in [2.75, 3.05) is 14.2 Å². The second-order valence-corrected chi connectivity index (χ2v) is 10.2. The first-order valence-electron chi connectivity index (χ1n) is 12.1. The third kappa shape index (κ3) is 6.15. The van der Waals surface area contributed by atoms with Gasteiger partial charge in [0.25, 0.3) is 0 Å². The molecule has 3 aromatic rings. The smallest absolute Gasteiger partial charge is 0.248 e. The Balaban J connectivity index is 0.000000322. The summed E-state index contributed by atoms with van der Waals surface area (Å²) in [5.41, 5.74) is 22.4. The van der Waals surface area contributed by atoms with Gasteiger partial charge in [-0.25, -0.2) is 0 Å². The van der Waals surface area contributed by atoms with E-state index in [4.69, 9.17) is 32.4 Å². The van der Waals surface area contributed by atoms with E-state index in [1.807, 2.05) is 6.07 Å². The molecule has 10 nitrogen and oxygen atoms in total. The molecule has 0 aliphatic heterocycles. The molecule has 0 saturated carbocycles. The highest BCUT2D eigenvalue weighted by Gasteiger charge is 2.55. The molecule has 3 aromatic carbocycles. The van der Waals surface area contributed by atoms with Gasteiger partial charge in [-0.1, -0.05) is 52.3 Å². The highest BCUT2D eigenvalue weighted by Crippen LogP contribution is 2.54. The molecule has 0 fully saturated rings. The zero-order valence-electron chi connectivity index (χ0n) is 22.3. The van der Waals surface area contributed by atoms with Crippen molar-refractivity contribution in [2.45, 2.75) is 9.74 Å². The molecule has 0 spiro atoms. The fraction of sp³-hybridized carbons (Fsp3) is 0.133. The molecular formula is C30H29BrN4O6. The van der Waals surface area contributed by atoms with Crippen LogP contribution < -0.4 is 32.4 Å². The molecule has 11 heteroatoms. The van der Waals surface area contributed by atoms with Crippen LogP contribution in [0.3, 0.4) is 0 Å². The van der Waals surface area contributed by atoms with E-state index in [2.05, 4.69) is 15.9 Å². The maximum absolute atomic E-state index is 13.0. The number of primary amides is 4. The first kappa shape index (κ1) is 30.6. The van der Waals surface area contributed by atoms with E-state index >= 15 is 0 Å². The van der Waals surface area contributed by atoms with E-state index in [1.165, 1.54) is 30.3 Å². The SMILES string of the molecule is COc1cccc(C2(Br)C=C(C(N)=O)C=CC2(C(N)=O)c2cccc(OC)c2)c1.NC(=O)c1ccc(C(N)=O)cc1. The molecule has 4 rings (SSSR count). The van der Waals surface area contributed by atoms with Crippen LogP contribution in [0.1, 0.15) is 31.8 Å². The molecule has 0 aromatic heterocycles. The number of benzene rings is 3. The van der Waals surface area contributed by atoms with E-state index < -0.39 is 33.4 Å². The minimum Gasteiger partial charge on any atom is -0.497 e. The molecular weight excluding hydrogens is 592 g/mol. The van der Waals surface area contributed by atoms with Crippen LogP contribution >= 0.6 is 15.9 Å². The van der Waals surface area contributed by atoms with Gasteiger partial charge in [-0.2, -0.15) is 0 Å². The number of carbonyl (C=O) groups is 4. The molecule has 0 saturated heterocycles. The second kappa shape index (κ2) is 12.5. The number of halogens is 1. The van der Waals surface area contributed by atoms with E-state index in [-0.39, 0.29) is 5.57 Å². The summed E-state index contributed by atoms with van der Waals surface area (Å²) in [6.07, 6.45) is 4.75. The van der Waals surface area contributed by atoms with Crippen molar-refractivity contribution in [1.29, 1.82) is 0 Å². The molecule has 2 unspecified atom stereocenters. The van der Waals surface area contributed by atoms with E-state index in [0.717, 1.165) is 0 Å². The number of nitrogens with two attached hydrogens (primary N) is 4. The number of hydrogen-bond donors (Lipinski definition) is 4. The van der Waals surface area contributed by atoms with Gasteiger partial charge in [-0.3, -0.25) is 19.2 Å². The van der Waals surface area contributed by atoms with Crippen molar-refractivity contribution in [3.63, 3.8) is 0 Å². The van der Waals surface area contributed by atoms with Crippen molar-refractivity contribution in [2.24, 2.45) is 22.9 Å². The Hall–Kier alpha value is -4.90. The summed E-state index contributed by atoms with van der Waals surface area (Å²) in [7, 11) is 3.09. The third-order valence-corrected chi connectivity index (χ3v) is 7.90. The molecule has 4 amide bonds. The molecule has 2 atom stereocenters. The quantitative estimate of drug-likeness (QED) is 0.280. The van der Waals surface area contributed by atoms with Crippen LogP contribution in [0.25, 0.3) is 0 Å². The van der Waals surface area contributed by atoms with E-state index in [1.54, 1.807) is 68.8 Å². The molecule has 0 heterocycles. The Morgan fingerprint density at radius 2 is 1.15 bits per heavy atom. The van der Waals surface area contributed by atoms with Gasteiger partial charge in [0.1, 0.15) is 16.9 Å². The summed E-state index contributed by atoms with van der Waals surface area (Å²) >= 11 is 3.75. The zero-order valence-corrected chi connectivity index (χ0v) is 23.9. The maximum atomic E-state index is 13.0. The lowest BCUT2D eigenvalue weighted by molar-refractivity contribution is -0.123. The third-order valence-electron chi connectivity index (χ3n) is 6.58. The first-order chi connectivity index (χ1) is 19.4. The summed E-state index contributed by atoms with van der Waals surface area (Å²) in [5, 5.41) is 0. The number of amides is 4. The molecule has 1 aliphatic carbocycles. The van der Waals surface area contributed by atoms with Crippen molar-refractivity contribution in [3.05, 3.63) is 119 Å². The lowest BCUT2D eigenvalue weighted by Crippen LogP contribution is -2.53. The standard InChI is InChI=1S/C22H21BrN2O4.C8H8N2O2/c1-28-17-7-3-5-15(11-17)21(20(25)27)10-9-14(19(24)26)13-22(21,23)16-6-4-8-18(12-16)29-2;9-7(11)5-1-2-6(4-3-5)8(10)12/h3-13H,1-2H3,(H2,24,26)(H2,25,27);1-4H,(H2,9,11)(H2,10,12). The number of hydrogen-bond acceptors (Lipinski definition) is 6. The van der Waals surface area contributed by atoms with Crippen LogP contribution in [0.4, 0.5) is 0 Å². The van der Waals surface area contributed by atoms with Crippen LogP contribution in [0.15, 0.2) is 96.6 Å². The van der Waals surface area contributed by atoms with Crippen LogP contribution in [0, 0.1) is 0 Å². The molecule has 1 aliphatic rings. The maximum Gasteiger partial charge on any atom is 0.248 e. The number of rotatable bonds is 8. The number of ether oxygens (including phenoxy) is 2. The highest BCUT2D eigenvalue weighted by atomic mass is 79.9. The molecule has 0 bridgehead atoms. The van der Waals surface area contributed by atoms with Gasteiger partial charge in [0.2, 0.25) is 23.6 Å². The number of carbonyl (C=O) groups excluding carboxylic acids is 4.